The molecule has 14 nitrogen and oxygen atoms in total. The predicted octanol–water partition coefficient (Wildman–Crippen LogP) is 5.47. The van der Waals surface area contributed by atoms with E-state index in [0.29, 0.717) is 34.5 Å². The van der Waals surface area contributed by atoms with Crippen LogP contribution in [-0.4, -0.2) is 94.1 Å². The summed E-state index contributed by atoms with van der Waals surface area (Å²) in [4.78, 5) is 43.8. The molecule has 4 aromatic rings. The molecule has 2 aromatic heterocycles. The molecule has 1 saturated carbocycles. The molecule has 4 amide bonds. The lowest BCUT2D eigenvalue weighted by molar-refractivity contribution is -0.120. The van der Waals surface area contributed by atoms with Crippen LogP contribution in [0.4, 0.5) is 16.3 Å². The zero-order valence-electron chi connectivity index (χ0n) is 30.7. The highest BCUT2D eigenvalue weighted by Gasteiger charge is 2.30. The average Bonchev–Trinajstić information content (AvgIpc) is 3.64. The van der Waals surface area contributed by atoms with Gasteiger partial charge in [-0.3, -0.25) is 24.5 Å². The molecule has 2 aromatic carbocycles. The first-order valence-corrected chi connectivity index (χ1v) is 19.7. The lowest BCUT2D eigenvalue weighted by Crippen LogP contribution is -2.49. The van der Waals surface area contributed by atoms with Crippen molar-refractivity contribution in [2.45, 2.75) is 76.0 Å². The van der Waals surface area contributed by atoms with Crippen LogP contribution < -0.4 is 25.2 Å². The number of rotatable bonds is 9. The molecule has 0 unspecified atom stereocenters. The molecule has 55 heavy (non-hydrogen) atoms. The first kappa shape index (κ1) is 36.7. The number of amides is 4. The minimum absolute atomic E-state index is 0.0293. The monoisotopic (exact) mass is 764 g/mol. The van der Waals surface area contributed by atoms with Gasteiger partial charge in [-0.2, -0.15) is 10.4 Å². The van der Waals surface area contributed by atoms with Gasteiger partial charge in [-0.1, -0.05) is 17.7 Å². The fourth-order valence-electron chi connectivity index (χ4n) is 8.56. The molecule has 3 saturated heterocycles. The maximum Gasteiger partial charge on any atom is 0.328 e. The van der Waals surface area contributed by atoms with E-state index in [0.717, 1.165) is 100 Å². The summed E-state index contributed by atoms with van der Waals surface area (Å²) in [6.07, 6.45) is 9.60. The lowest BCUT2D eigenvalue weighted by atomic mass is 9.92. The van der Waals surface area contributed by atoms with Gasteiger partial charge in [-0.15, -0.1) is 10.2 Å². The number of piperidine rings is 2. The molecule has 1 aliphatic carbocycles. The van der Waals surface area contributed by atoms with Crippen LogP contribution >= 0.6 is 11.6 Å². The number of hydrogen-bond donors (Lipinski definition) is 2. The van der Waals surface area contributed by atoms with Crippen LogP contribution in [0.15, 0.2) is 54.7 Å². The Morgan fingerprint density at radius 1 is 0.982 bits per heavy atom. The van der Waals surface area contributed by atoms with Crippen LogP contribution in [0.2, 0.25) is 5.02 Å². The quantitative estimate of drug-likeness (QED) is 0.224. The molecule has 0 radical (unpaired) electrons. The van der Waals surface area contributed by atoms with Crippen LogP contribution in [-0.2, 0) is 4.79 Å². The summed E-state index contributed by atoms with van der Waals surface area (Å²) in [6, 6.07) is 16.7. The van der Waals surface area contributed by atoms with Gasteiger partial charge in [0.15, 0.2) is 11.5 Å². The molecule has 1 atom stereocenters. The van der Waals surface area contributed by atoms with E-state index in [1.807, 2.05) is 24.4 Å². The van der Waals surface area contributed by atoms with Crippen molar-refractivity contribution < 1.29 is 19.1 Å². The summed E-state index contributed by atoms with van der Waals surface area (Å²) in [6.45, 7) is 5.19. The Morgan fingerprint density at radius 3 is 2.56 bits per heavy atom. The molecular formula is C40H45ClN10O4. The Labute approximate surface area is 324 Å². The smallest absolute Gasteiger partial charge is 0.328 e. The molecule has 15 heteroatoms. The molecule has 286 valence electrons. The zero-order chi connectivity index (χ0) is 37.9. The summed E-state index contributed by atoms with van der Waals surface area (Å²) in [5.41, 5.74) is 2.53. The fraction of sp³-hybridized carbons (Fsp3) is 0.475. The van der Waals surface area contributed by atoms with E-state index in [1.54, 1.807) is 29.2 Å². The molecule has 0 spiro atoms. The molecule has 8 rings (SSSR count). The molecule has 3 aliphatic heterocycles. The molecule has 4 aliphatic rings. The summed E-state index contributed by atoms with van der Waals surface area (Å²) in [5.74, 6) is 1.51. The number of urea groups is 1. The first-order chi connectivity index (χ1) is 26.8. The first-order valence-electron chi connectivity index (χ1n) is 19.4. The second kappa shape index (κ2) is 16.2. The molecule has 2 N–H and O–H groups in total. The second-order valence-electron chi connectivity index (χ2n) is 15.1. The minimum atomic E-state index is -0.385. The number of carbonyl (C=O) groups is 3. The SMILES string of the molecule is N#Cc1ccc(OC2CCC(NC(=O)c3ccc(N4CCC[C@@H](CN5CCC(n6ncc7c(N8CCC(=O)NC8=O)cccc76)CC5)C4)nn3)CC2)cc1Cl. The van der Waals surface area contributed by atoms with Gasteiger partial charge in [0.05, 0.1) is 40.1 Å². The van der Waals surface area contributed by atoms with E-state index < -0.39 is 0 Å². The Balaban J connectivity index is 0.791. The molecule has 4 fully saturated rings. The van der Waals surface area contributed by atoms with E-state index in [-0.39, 0.29) is 42.5 Å². The topological polar surface area (TPSA) is 162 Å². The number of nitrogens with one attached hydrogen (secondary N) is 2. The minimum Gasteiger partial charge on any atom is -0.490 e. The standard InChI is InChI=1S/C40H45ClN10O4/c41-33-21-31(9-6-27(33)22-42)55-30-10-7-28(8-11-30)44-39(53)34-12-13-37(47-46-34)49-17-2-3-26(25-49)24-48-18-14-29(15-19-48)51-36-5-1-4-35(32(36)23-43-51)50-20-16-38(52)45-40(50)54/h1,4-6,9,12-13,21,23,26,28-30H,2-3,7-8,10-11,14-20,24-25H2,(H,44,53)(H,45,52,54)/t26-,28?,30?/m0/s1. The van der Waals surface area contributed by atoms with Crippen molar-refractivity contribution in [2.24, 2.45) is 5.92 Å². The van der Waals surface area contributed by atoms with Crippen molar-refractivity contribution in [2.75, 3.05) is 49.1 Å². The van der Waals surface area contributed by atoms with Crippen LogP contribution in [0, 0.1) is 17.2 Å². The fourth-order valence-corrected chi connectivity index (χ4v) is 8.77. The van der Waals surface area contributed by atoms with Gasteiger partial charge in [-0.05, 0) is 93.7 Å². The molecule has 0 bridgehead atoms. The third-order valence-electron chi connectivity index (χ3n) is 11.5. The number of aromatic nitrogens is 4. The number of anilines is 2. The van der Waals surface area contributed by atoms with Crippen molar-refractivity contribution in [3.05, 3.63) is 71.0 Å². The highest BCUT2D eigenvalue weighted by molar-refractivity contribution is 6.31. The third-order valence-corrected chi connectivity index (χ3v) is 11.8. The van der Waals surface area contributed by atoms with Gasteiger partial charge in [0.25, 0.3) is 5.91 Å². The van der Waals surface area contributed by atoms with E-state index in [9.17, 15) is 14.4 Å². The second-order valence-corrected chi connectivity index (χ2v) is 15.5. The molecular weight excluding hydrogens is 720 g/mol. The van der Waals surface area contributed by atoms with Gasteiger partial charge < -0.3 is 19.9 Å². The number of ether oxygens (including phenoxy) is 1. The maximum absolute atomic E-state index is 13.1. The number of hydrogen-bond acceptors (Lipinski definition) is 10. The van der Waals surface area contributed by atoms with Crippen LogP contribution in [0.5, 0.6) is 5.75 Å². The number of carbonyl (C=O) groups excluding carboxylic acids is 3. The predicted molar refractivity (Wildman–Crippen MR) is 207 cm³/mol. The van der Waals surface area contributed by atoms with Gasteiger partial charge in [0.1, 0.15) is 11.8 Å². The van der Waals surface area contributed by atoms with Crippen LogP contribution in [0.3, 0.4) is 0 Å². The lowest BCUT2D eigenvalue weighted by Gasteiger charge is -2.38. The summed E-state index contributed by atoms with van der Waals surface area (Å²) in [7, 11) is 0. The number of halogens is 1. The van der Waals surface area contributed by atoms with Gasteiger partial charge in [-0.25, -0.2) is 4.79 Å². The van der Waals surface area contributed by atoms with Crippen molar-refractivity contribution >= 4 is 51.9 Å². The number of imide groups is 1. The summed E-state index contributed by atoms with van der Waals surface area (Å²) >= 11 is 6.16. The Hall–Kier alpha value is -5.26. The number of nitriles is 1. The highest BCUT2D eigenvalue weighted by atomic mass is 35.5. The van der Waals surface area contributed by atoms with Gasteiger partial charge in [0, 0.05) is 63.2 Å². The summed E-state index contributed by atoms with van der Waals surface area (Å²) in [5, 5.41) is 29.5. The average molecular weight is 765 g/mol. The van der Waals surface area contributed by atoms with Gasteiger partial charge in [0.2, 0.25) is 5.91 Å². The number of fused-ring (bicyclic) bond motifs is 1. The van der Waals surface area contributed by atoms with Crippen LogP contribution in [0.1, 0.15) is 79.9 Å². The maximum atomic E-state index is 13.1. The highest BCUT2D eigenvalue weighted by Crippen LogP contribution is 2.33. The Bertz CT molecular complexity index is 2090. The van der Waals surface area contributed by atoms with Crippen molar-refractivity contribution in [1.82, 2.24) is 35.5 Å². The van der Waals surface area contributed by atoms with Crippen LogP contribution in [0.25, 0.3) is 10.9 Å². The zero-order valence-corrected chi connectivity index (χ0v) is 31.5. The summed E-state index contributed by atoms with van der Waals surface area (Å²) < 4.78 is 8.21. The largest absolute Gasteiger partial charge is 0.490 e. The van der Waals surface area contributed by atoms with E-state index in [2.05, 4.69) is 47.4 Å². The number of nitrogens with zero attached hydrogens (tertiary/aromatic N) is 8. The Morgan fingerprint density at radius 2 is 1.82 bits per heavy atom. The number of benzene rings is 2. The van der Waals surface area contributed by atoms with E-state index in [1.165, 1.54) is 6.42 Å². The third kappa shape index (κ3) is 8.23. The normalized spacial score (nSPS) is 22.7. The van der Waals surface area contributed by atoms with Crippen molar-refractivity contribution in [1.29, 1.82) is 5.26 Å². The van der Waals surface area contributed by atoms with Gasteiger partial charge >= 0.3 is 6.03 Å². The van der Waals surface area contributed by atoms with Crippen molar-refractivity contribution in [3.8, 4) is 11.8 Å². The van der Waals surface area contributed by atoms with E-state index >= 15 is 0 Å². The Kier molecular flexibility index (Phi) is 10.8. The number of likely N-dealkylation sites (tertiary alicyclic amines) is 1. The van der Waals surface area contributed by atoms with E-state index in [4.69, 9.17) is 26.7 Å². The van der Waals surface area contributed by atoms with Crippen molar-refractivity contribution in [3.63, 3.8) is 0 Å². The molecule has 5 heterocycles.